The molecule has 2 atom stereocenters. The van der Waals surface area contributed by atoms with Crippen molar-refractivity contribution >= 4 is 58.1 Å². The summed E-state index contributed by atoms with van der Waals surface area (Å²) >= 11 is 7.58. The van der Waals surface area contributed by atoms with E-state index in [1.807, 2.05) is 66.6 Å². The fourth-order valence-electron chi connectivity index (χ4n) is 4.74. The predicted molar refractivity (Wildman–Crippen MR) is 152 cm³/mol. The van der Waals surface area contributed by atoms with Crippen LogP contribution in [0, 0.1) is 5.92 Å². The van der Waals surface area contributed by atoms with Crippen molar-refractivity contribution in [3.63, 3.8) is 0 Å². The highest BCUT2D eigenvalue weighted by Gasteiger charge is 2.47. The molecule has 10 nitrogen and oxygen atoms in total. The molecule has 3 aliphatic heterocycles. The lowest BCUT2D eigenvalue weighted by atomic mass is 9.93. The fraction of sp³-hybridized carbons (Fsp3) is 0.185. The normalized spacial score (nSPS) is 20.1. The lowest BCUT2D eigenvalue weighted by Crippen LogP contribution is -2.42. The Bertz CT molecular complexity index is 1630. The Balaban J connectivity index is 1.46. The summed E-state index contributed by atoms with van der Waals surface area (Å²) in [7, 11) is 0. The van der Waals surface area contributed by atoms with Gasteiger partial charge in [0.2, 0.25) is 0 Å². The summed E-state index contributed by atoms with van der Waals surface area (Å²) < 4.78 is 6.31. The summed E-state index contributed by atoms with van der Waals surface area (Å²) in [6.07, 6.45) is 2.52. The number of hydrogen-bond donors (Lipinski definition) is 0. The first-order valence-electron chi connectivity index (χ1n) is 12.2. The van der Waals surface area contributed by atoms with Crippen molar-refractivity contribution in [2.24, 2.45) is 21.1 Å². The first kappa shape index (κ1) is 25.1. The summed E-state index contributed by atoms with van der Waals surface area (Å²) in [5, 5.41) is 13.2. The third-order valence-corrected chi connectivity index (χ3v) is 7.61. The number of amidine groups is 1. The number of aliphatic imine (C=N–C) groups is 1. The molecule has 3 aliphatic rings. The molecule has 6 rings (SSSR count). The minimum atomic E-state index is -0.656. The van der Waals surface area contributed by atoms with Gasteiger partial charge in [-0.15, -0.1) is 5.10 Å². The third kappa shape index (κ3) is 4.33. The van der Waals surface area contributed by atoms with Crippen LogP contribution in [0.15, 0.2) is 92.0 Å². The summed E-state index contributed by atoms with van der Waals surface area (Å²) in [5.41, 5.74) is 2.72. The van der Waals surface area contributed by atoms with Gasteiger partial charge < -0.3 is 9.64 Å². The van der Waals surface area contributed by atoms with Gasteiger partial charge in [0.1, 0.15) is 12.2 Å². The van der Waals surface area contributed by atoms with Crippen molar-refractivity contribution in [3.8, 4) is 0 Å². The van der Waals surface area contributed by atoms with Gasteiger partial charge in [0, 0.05) is 10.7 Å². The van der Waals surface area contributed by atoms with Crippen molar-refractivity contribution in [1.82, 2.24) is 14.6 Å². The SMILES string of the molecule is CCO/C=N/n1cnc2c(c1=O)C(c1ccc(Cl)cc1)N1C(C3C(=O)N(c4ccccc4)N=C3C)=CSC1=N2. The van der Waals surface area contributed by atoms with Crippen LogP contribution in [-0.4, -0.2) is 44.4 Å². The van der Waals surface area contributed by atoms with E-state index in [0.29, 0.717) is 45.3 Å². The van der Waals surface area contributed by atoms with Crippen LogP contribution >= 0.6 is 23.4 Å². The van der Waals surface area contributed by atoms with Crippen molar-refractivity contribution in [1.29, 1.82) is 0 Å². The first-order chi connectivity index (χ1) is 19.0. The highest BCUT2D eigenvalue weighted by atomic mass is 35.5. The molecule has 3 aromatic rings. The Morgan fingerprint density at radius 2 is 1.90 bits per heavy atom. The van der Waals surface area contributed by atoms with Gasteiger partial charge in [0.25, 0.3) is 11.5 Å². The van der Waals surface area contributed by atoms with E-state index in [0.717, 1.165) is 10.2 Å². The Morgan fingerprint density at radius 3 is 2.64 bits per heavy atom. The molecule has 0 saturated heterocycles. The molecule has 4 heterocycles. The minimum absolute atomic E-state index is 0.183. The number of rotatable bonds is 6. The summed E-state index contributed by atoms with van der Waals surface area (Å²) in [6, 6.07) is 15.9. The molecular weight excluding hydrogens is 538 g/mol. The summed E-state index contributed by atoms with van der Waals surface area (Å²) in [4.78, 5) is 38.6. The maximum atomic E-state index is 13.7. The average molecular weight is 560 g/mol. The molecule has 39 heavy (non-hydrogen) atoms. The molecule has 2 aromatic carbocycles. The third-order valence-electron chi connectivity index (χ3n) is 6.50. The molecule has 0 bridgehead atoms. The molecule has 0 saturated carbocycles. The molecule has 2 unspecified atom stereocenters. The van der Waals surface area contributed by atoms with Crippen molar-refractivity contribution in [3.05, 3.63) is 98.5 Å². The summed E-state index contributed by atoms with van der Waals surface area (Å²) in [6.45, 7) is 4.06. The number of carbonyl (C=O) groups is 1. The topological polar surface area (TPSA) is 105 Å². The molecule has 1 aromatic heterocycles. The van der Waals surface area contributed by atoms with Crippen LogP contribution in [0.3, 0.4) is 0 Å². The van der Waals surface area contributed by atoms with Crippen LogP contribution in [0.25, 0.3) is 0 Å². The van der Waals surface area contributed by atoms with Gasteiger partial charge in [-0.05, 0) is 49.1 Å². The molecule has 0 fully saturated rings. The number of aromatic nitrogens is 2. The minimum Gasteiger partial charge on any atom is -0.482 e. The van der Waals surface area contributed by atoms with E-state index in [9.17, 15) is 9.59 Å². The number of hydrazone groups is 1. The smallest absolute Gasteiger partial charge is 0.281 e. The molecule has 0 radical (unpaired) electrons. The molecule has 0 aliphatic carbocycles. The highest BCUT2D eigenvalue weighted by Crippen LogP contribution is 2.47. The zero-order valence-corrected chi connectivity index (χ0v) is 22.5. The average Bonchev–Trinajstić information content (AvgIpc) is 3.49. The van der Waals surface area contributed by atoms with Gasteiger partial charge in [-0.25, -0.2) is 9.98 Å². The molecule has 1 amide bonds. The number of carbonyl (C=O) groups excluding carboxylic acids is 1. The number of halogens is 1. The molecule has 196 valence electrons. The van der Waals surface area contributed by atoms with Crippen LogP contribution in [0.4, 0.5) is 11.5 Å². The second kappa shape index (κ2) is 10.2. The Hall–Kier alpha value is -4.22. The van der Waals surface area contributed by atoms with Gasteiger partial charge in [0.15, 0.2) is 17.4 Å². The largest absolute Gasteiger partial charge is 0.482 e. The lowest BCUT2D eigenvalue weighted by Gasteiger charge is -2.36. The van der Waals surface area contributed by atoms with E-state index < -0.39 is 17.5 Å². The van der Waals surface area contributed by atoms with Gasteiger partial charge in [-0.2, -0.15) is 14.8 Å². The van der Waals surface area contributed by atoms with Crippen molar-refractivity contribution in [2.75, 3.05) is 11.6 Å². The second-order valence-corrected chi connectivity index (χ2v) is 10.1. The number of nitrogens with zero attached hydrogens (tertiary/aromatic N) is 7. The maximum Gasteiger partial charge on any atom is 0.281 e. The van der Waals surface area contributed by atoms with Gasteiger partial charge in [-0.1, -0.05) is 53.7 Å². The molecular formula is C27H22ClN7O3S. The maximum absolute atomic E-state index is 13.7. The van der Waals surface area contributed by atoms with Crippen LogP contribution in [0.1, 0.15) is 31.0 Å². The van der Waals surface area contributed by atoms with E-state index >= 15 is 0 Å². The van der Waals surface area contributed by atoms with Crippen LogP contribution in [0.2, 0.25) is 5.02 Å². The van der Waals surface area contributed by atoms with Crippen molar-refractivity contribution < 1.29 is 9.53 Å². The zero-order chi connectivity index (χ0) is 27.1. The monoisotopic (exact) mass is 559 g/mol. The number of fused-ring (bicyclic) bond motifs is 2. The highest BCUT2D eigenvalue weighted by molar-refractivity contribution is 8.16. The fourth-order valence-corrected chi connectivity index (χ4v) is 5.81. The van der Waals surface area contributed by atoms with Crippen molar-refractivity contribution in [2.45, 2.75) is 19.9 Å². The Kier molecular flexibility index (Phi) is 6.53. The number of benzene rings is 2. The van der Waals surface area contributed by atoms with Gasteiger partial charge >= 0.3 is 0 Å². The zero-order valence-electron chi connectivity index (χ0n) is 20.9. The summed E-state index contributed by atoms with van der Waals surface area (Å²) in [5.74, 6) is -0.542. The molecule has 0 spiro atoms. The van der Waals surface area contributed by atoms with Gasteiger partial charge in [0.05, 0.1) is 29.6 Å². The van der Waals surface area contributed by atoms with Crippen LogP contribution in [0.5, 0.6) is 0 Å². The molecule has 12 heteroatoms. The number of amides is 1. The quantitative estimate of drug-likeness (QED) is 0.319. The number of anilines is 1. The lowest BCUT2D eigenvalue weighted by molar-refractivity contribution is -0.119. The number of thioether (sulfide) groups is 1. The first-order valence-corrected chi connectivity index (χ1v) is 13.4. The van der Waals surface area contributed by atoms with E-state index in [4.69, 9.17) is 21.3 Å². The van der Waals surface area contributed by atoms with Crippen LogP contribution in [-0.2, 0) is 9.53 Å². The van der Waals surface area contributed by atoms with E-state index in [1.54, 1.807) is 12.1 Å². The molecule has 0 N–H and O–H groups in total. The second-order valence-electron chi connectivity index (χ2n) is 8.85. The van der Waals surface area contributed by atoms with E-state index in [1.165, 1.54) is 29.5 Å². The number of ether oxygens (including phenoxy) is 1. The number of hydrogen-bond acceptors (Lipinski definition) is 9. The van der Waals surface area contributed by atoms with Gasteiger partial charge in [-0.3, -0.25) is 9.59 Å². The Morgan fingerprint density at radius 1 is 1.13 bits per heavy atom. The predicted octanol–water partition coefficient (Wildman–Crippen LogP) is 4.74. The number of para-hydroxylation sites is 1. The van der Waals surface area contributed by atoms with E-state index in [2.05, 4.69) is 15.2 Å². The van der Waals surface area contributed by atoms with Crippen LogP contribution < -0.4 is 10.6 Å². The Labute approximate surface area is 233 Å². The van der Waals surface area contributed by atoms with E-state index in [-0.39, 0.29) is 5.91 Å². The standard InChI is InChI=1S/C27H22ClN7O3S/c1-3-38-15-30-33-14-29-24-22(25(33)36)23(17-9-11-18(28)12-10-17)34-20(13-39-27(34)31-24)21-16(2)32-35(26(21)37)19-7-5-4-6-8-19/h4-15,21,23H,3H2,1-2H3/b30-15+.